The van der Waals surface area contributed by atoms with E-state index in [9.17, 15) is 9.59 Å². The summed E-state index contributed by atoms with van der Waals surface area (Å²) in [5.41, 5.74) is 3.46. The van der Waals surface area contributed by atoms with Gasteiger partial charge in [-0.2, -0.15) is 10.1 Å². The zero-order chi connectivity index (χ0) is 15.7. The number of imidazole rings is 1. The topological polar surface area (TPSA) is 86.2 Å². The van der Waals surface area contributed by atoms with Crippen molar-refractivity contribution in [2.24, 2.45) is 19.2 Å². The summed E-state index contributed by atoms with van der Waals surface area (Å²) in [5.74, 6) is 0.393. The number of anilines is 1. The summed E-state index contributed by atoms with van der Waals surface area (Å²) < 4.78 is 4.04. The Morgan fingerprint density at radius 2 is 2.00 bits per heavy atom. The van der Waals surface area contributed by atoms with Crippen LogP contribution in [0, 0.1) is 0 Å². The molecule has 2 aromatic rings. The normalized spacial score (nSPS) is 10.7. The number of hydrogen-bond acceptors (Lipinski definition) is 5. The van der Waals surface area contributed by atoms with E-state index < -0.39 is 11.2 Å². The lowest BCUT2D eigenvalue weighted by Gasteiger charge is -2.06. The quantitative estimate of drug-likeness (QED) is 0.502. The van der Waals surface area contributed by atoms with Crippen molar-refractivity contribution in [1.29, 1.82) is 0 Å². The highest BCUT2D eigenvalue weighted by Gasteiger charge is 2.18. The fourth-order valence-corrected chi connectivity index (χ4v) is 2.00. The van der Waals surface area contributed by atoms with Gasteiger partial charge in [0.2, 0.25) is 5.95 Å². The second kappa shape index (κ2) is 5.39. The van der Waals surface area contributed by atoms with Crippen molar-refractivity contribution in [3.8, 4) is 0 Å². The highest BCUT2D eigenvalue weighted by molar-refractivity contribution is 5.80. The highest BCUT2D eigenvalue weighted by atomic mass is 16.2. The van der Waals surface area contributed by atoms with Crippen LogP contribution in [0.2, 0.25) is 0 Å². The smallest absolute Gasteiger partial charge is 0.299 e. The van der Waals surface area contributed by atoms with E-state index in [1.807, 2.05) is 13.8 Å². The van der Waals surface area contributed by atoms with Gasteiger partial charge in [0.1, 0.15) is 0 Å². The maximum absolute atomic E-state index is 12.3. The molecule has 0 saturated carbocycles. The molecule has 0 radical (unpaired) electrons. The number of aryl methyl sites for hydroxylation is 1. The Morgan fingerprint density at radius 3 is 2.57 bits per heavy atom. The average Bonchev–Trinajstić information content (AvgIpc) is 2.80. The van der Waals surface area contributed by atoms with Crippen LogP contribution in [-0.2, 0) is 20.6 Å². The zero-order valence-electron chi connectivity index (χ0n) is 12.5. The van der Waals surface area contributed by atoms with Gasteiger partial charge in [-0.15, -0.1) is 6.58 Å². The second-order valence-corrected chi connectivity index (χ2v) is 4.88. The SMILES string of the molecule is C=CCn1c(NN=C(C)C)nc2c1c(=O)n(C)c(=O)n2C. The Bertz CT molecular complexity index is 848. The molecule has 0 aliphatic carbocycles. The van der Waals surface area contributed by atoms with Crippen molar-refractivity contribution in [3.05, 3.63) is 33.5 Å². The first kappa shape index (κ1) is 14.8. The standard InChI is InChI=1S/C13H18N6O2/c1-6-7-19-9-10(14-12(19)16-15-8(2)3)17(4)13(21)18(5)11(9)20/h6H,1,7H2,2-5H3,(H,14,16). The van der Waals surface area contributed by atoms with Crippen LogP contribution in [-0.4, -0.2) is 24.4 Å². The molecule has 2 rings (SSSR count). The number of fused-ring (bicyclic) bond motifs is 1. The molecule has 0 unspecified atom stereocenters. The number of rotatable bonds is 4. The van der Waals surface area contributed by atoms with Crippen LogP contribution in [0.15, 0.2) is 27.3 Å². The Morgan fingerprint density at radius 1 is 1.33 bits per heavy atom. The van der Waals surface area contributed by atoms with Crippen LogP contribution in [0.25, 0.3) is 11.2 Å². The summed E-state index contributed by atoms with van der Waals surface area (Å²) in [5, 5.41) is 4.09. The fourth-order valence-electron chi connectivity index (χ4n) is 2.00. The van der Waals surface area contributed by atoms with Crippen LogP contribution in [0.1, 0.15) is 13.8 Å². The first-order chi connectivity index (χ1) is 9.88. The second-order valence-electron chi connectivity index (χ2n) is 4.88. The molecule has 2 heterocycles. The molecule has 112 valence electrons. The fraction of sp³-hybridized carbons (Fsp3) is 0.385. The van der Waals surface area contributed by atoms with Gasteiger partial charge in [0, 0.05) is 26.4 Å². The molecule has 21 heavy (non-hydrogen) atoms. The van der Waals surface area contributed by atoms with Crippen LogP contribution in [0.3, 0.4) is 0 Å². The van der Waals surface area contributed by atoms with Gasteiger partial charge < -0.3 is 0 Å². The summed E-state index contributed by atoms with van der Waals surface area (Å²) >= 11 is 0. The number of nitrogens with one attached hydrogen (secondary N) is 1. The van der Waals surface area contributed by atoms with Crippen molar-refractivity contribution >= 4 is 22.8 Å². The molecule has 0 spiro atoms. The minimum atomic E-state index is -0.419. The van der Waals surface area contributed by atoms with Crippen LogP contribution >= 0.6 is 0 Å². The van der Waals surface area contributed by atoms with Gasteiger partial charge in [0.05, 0.1) is 0 Å². The van der Waals surface area contributed by atoms with Crippen molar-refractivity contribution in [1.82, 2.24) is 18.7 Å². The molecule has 0 atom stereocenters. The third-order valence-electron chi connectivity index (χ3n) is 3.04. The molecule has 0 aliphatic heterocycles. The number of aromatic nitrogens is 4. The summed E-state index contributed by atoms with van der Waals surface area (Å²) in [4.78, 5) is 28.6. The van der Waals surface area contributed by atoms with E-state index in [4.69, 9.17) is 0 Å². The number of hydrazone groups is 1. The lowest BCUT2D eigenvalue weighted by molar-refractivity contribution is 0.703. The lowest BCUT2D eigenvalue weighted by Crippen LogP contribution is -2.37. The van der Waals surface area contributed by atoms with Crippen LogP contribution in [0.5, 0.6) is 0 Å². The average molecular weight is 290 g/mol. The number of allylic oxidation sites excluding steroid dienone is 1. The molecule has 0 aromatic carbocycles. The molecule has 8 heteroatoms. The minimum Gasteiger partial charge on any atom is -0.299 e. The Hall–Kier alpha value is -2.64. The van der Waals surface area contributed by atoms with Gasteiger partial charge in [0.25, 0.3) is 5.56 Å². The van der Waals surface area contributed by atoms with Crippen molar-refractivity contribution in [3.63, 3.8) is 0 Å². The molecular formula is C13H18N6O2. The predicted molar refractivity (Wildman–Crippen MR) is 82.8 cm³/mol. The van der Waals surface area contributed by atoms with Gasteiger partial charge in [-0.05, 0) is 13.8 Å². The third-order valence-corrected chi connectivity index (χ3v) is 3.04. The van der Waals surface area contributed by atoms with Crippen molar-refractivity contribution in [2.45, 2.75) is 20.4 Å². The third kappa shape index (κ3) is 2.39. The van der Waals surface area contributed by atoms with Gasteiger partial charge >= 0.3 is 5.69 Å². The highest BCUT2D eigenvalue weighted by Crippen LogP contribution is 2.15. The van der Waals surface area contributed by atoms with Crippen LogP contribution < -0.4 is 16.7 Å². The molecule has 0 bridgehead atoms. The summed E-state index contributed by atoms with van der Waals surface area (Å²) in [6.45, 7) is 7.73. The van der Waals surface area contributed by atoms with E-state index in [0.29, 0.717) is 23.7 Å². The maximum atomic E-state index is 12.3. The molecule has 0 fully saturated rings. The van der Waals surface area contributed by atoms with E-state index in [-0.39, 0.29) is 0 Å². The first-order valence-electron chi connectivity index (χ1n) is 6.42. The summed E-state index contributed by atoms with van der Waals surface area (Å²) in [6, 6.07) is 0. The van der Waals surface area contributed by atoms with E-state index in [1.165, 1.54) is 11.6 Å². The number of nitrogens with zero attached hydrogens (tertiary/aromatic N) is 5. The largest absolute Gasteiger partial charge is 0.332 e. The Labute approximate surface area is 121 Å². The van der Waals surface area contributed by atoms with Crippen LogP contribution in [0.4, 0.5) is 5.95 Å². The van der Waals surface area contributed by atoms with Gasteiger partial charge in [-0.3, -0.25) is 18.5 Å². The maximum Gasteiger partial charge on any atom is 0.332 e. The Balaban J connectivity index is 2.86. The monoisotopic (exact) mass is 290 g/mol. The summed E-state index contributed by atoms with van der Waals surface area (Å²) in [6.07, 6.45) is 1.65. The predicted octanol–water partition coefficient (Wildman–Crippen LogP) is 0.427. The van der Waals surface area contributed by atoms with E-state index in [1.54, 1.807) is 17.7 Å². The van der Waals surface area contributed by atoms with Crippen molar-refractivity contribution < 1.29 is 0 Å². The van der Waals surface area contributed by atoms with E-state index in [0.717, 1.165) is 10.3 Å². The number of hydrogen-bond donors (Lipinski definition) is 1. The molecule has 1 N–H and O–H groups in total. The van der Waals surface area contributed by atoms with Gasteiger partial charge in [-0.25, -0.2) is 10.2 Å². The summed E-state index contributed by atoms with van der Waals surface area (Å²) in [7, 11) is 3.02. The lowest BCUT2D eigenvalue weighted by atomic mass is 10.5. The van der Waals surface area contributed by atoms with Gasteiger partial charge in [0.15, 0.2) is 11.2 Å². The molecule has 0 aliphatic rings. The Kier molecular flexibility index (Phi) is 3.79. The first-order valence-corrected chi connectivity index (χ1v) is 6.42. The molecule has 0 amide bonds. The van der Waals surface area contributed by atoms with Crippen molar-refractivity contribution in [2.75, 3.05) is 5.43 Å². The zero-order valence-corrected chi connectivity index (χ0v) is 12.5. The molecular weight excluding hydrogens is 272 g/mol. The molecule has 0 saturated heterocycles. The molecule has 2 aromatic heterocycles. The minimum absolute atomic E-state index is 0.316. The molecule has 8 nitrogen and oxygen atoms in total. The van der Waals surface area contributed by atoms with E-state index in [2.05, 4.69) is 22.1 Å². The van der Waals surface area contributed by atoms with E-state index >= 15 is 0 Å². The van der Waals surface area contributed by atoms with Gasteiger partial charge in [-0.1, -0.05) is 6.08 Å².